The SMILES string of the molecule is CCN(Cc1cccc2c1OCCO2)C(=O)C(c1ccccc1)c1ccccc1. The van der Waals surface area contributed by atoms with Crippen LogP contribution in [0.3, 0.4) is 0 Å². The molecule has 29 heavy (non-hydrogen) atoms. The minimum atomic E-state index is -0.339. The molecule has 0 saturated carbocycles. The predicted molar refractivity (Wildman–Crippen MR) is 113 cm³/mol. The molecule has 0 saturated heterocycles. The van der Waals surface area contributed by atoms with Crippen LogP contribution in [0.15, 0.2) is 78.9 Å². The fourth-order valence-corrected chi connectivity index (χ4v) is 3.76. The second-order valence-electron chi connectivity index (χ2n) is 7.05. The second-order valence-corrected chi connectivity index (χ2v) is 7.05. The topological polar surface area (TPSA) is 38.8 Å². The van der Waals surface area contributed by atoms with E-state index in [9.17, 15) is 4.79 Å². The Morgan fingerprint density at radius 3 is 2.10 bits per heavy atom. The number of hydrogen-bond donors (Lipinski definition) is 0. The van der Waals surface area contributed by atoms with E-state index in [1.807, 2.05) is 90.7 Å². The van der Waals surface area contributed by atoms with Crippen LogP contribution in [0.5, 0.6) is 11.5 Å². The van der Waals surface area contributed by atoms with Crippen LogP contribution in [0.25, 0.3) is 0 Å². The molecule has 3 aromatic carbocycles. The molecule has 4 rings (SSSR count). The van der Waals surface area contributed by atoms with Gasteiger partial charge in [-0.1, -0.05) is 72.8 Å². The Morgan fingerprint density at radius 2 is 1.48 bits per heavy atom. The normalized spacial score (nSPS) is 12.6. The third-order valence-electron chi connectivity index (χ3n) is 5.22. The lowest BCUT2D eigenvalue weighted by Crippen LogP contribution is -2.35. The van der Waals surface area contributed by atoms with Gasteiger partial charge in [0.1, 0.15) is 13.2 Å². The van der Waals surface area contributed by atoms with Crippen LogP contribution in [0.4, 0.5) is 0 Å². The lowest BCUT2D eigenvalue weighted by molar-refractivity contribution is -0.132. The lowest BCUT2D eigenvalue weighted by Gasteiger charge is -2.29. The summed E-state index contributed by atoms with van der Waals surface area (Å²) in [6.45, 7) is 4.19. The third kappa shape index (κ3) is 4.11. The standard InChI is InChI=1S/C25H25NO3/c1-2-26(18-21-14-9-15-22-24(21)29-17-16-28-22)25(27)23(19-10-5-3-6-11-19)20-12-7-4-8-13-20/h3-15,23H,2,16-18H2,1H3. The molecule has 1 aliphatic heterocycles. The maximum atomic E-state index is 13.7. The Bertz CT molecular complexity index is 917. The maximum absolute atomic E-state index is 13.7. The summed E-state index contributed by atoms with van der Waals surface area (Å²) < 4.78 is 11.5. The highest BCUT2D eigenvalue weighted by molar-refractivity contribution is 5.87. The van der Waals surface area contributed by atoms with E-state index in [0.717, 1.165) is 28.2 Å². The number of hydrogen-bond acceptors (Lipinski definition) is 3. The number of likely N-dealkylation sites (N-methyl/N-ethyl adjacent to an activating group) is 1. The highest BCUT2D eigenvalue weighted by Crippen LogP contribution is 2.35. The van der Waals surface area contributed by atoms with Gasteiger partial charge in [0.15, 0.2) is 11.5 Å². The molecule has 4 heteroatoms. The number of rotatable bonds is 6. The maximum Gasteiger partial charge on any atom is 0.234 e. The predicted octanol–water partition coefficient (Wildman–Crippen LogP) is 4.64. The molecule has 0 unspecified atom stereocenters. The molecule has 1 aliphatic rings. The van der Waals surface area contributed by atoms with Crippen molar-refractivity contribution in [2.75, 3.05) is 19.8 Å². The molecule has 1 heterocycles. The van der Waals surface area contributed by atoms with Crippen molar-refractivity contribution in [1.82, 2.24) is 4.90 Å². The number of carbonyl (C=O) groups excluding carboxylic acids is 1. The van der Waals surface area contributed by atoms with E-state index in [1.165, 1.54) is 0 Å². The van der Waals surface area contributed by atoms with Crippen LogP contribution in [0.2, 0.25) is 0 Å². The minimum absolute atomic E-state index is 0.0826. The van der Waals surface area contributed by atoms with Crippen LogP contribution in [0, 0.1) is 0 Å². The zero-order valence-electron chi connectivity index (χ0n) is 16.6. The lowest BCUT2D eigenvalue weighted by atomic mass is 9.90. The van der Waals surface area contributed by atoms with E-state index < -0.39 is 0 Å². The van der Waals surface area contributed by atoms with Crippen LogP contribution in [-0.2, 0) is 11.3 Å². The van der Waals surface area contributed by atoms with Crippen molar-refractivity contribution in [2.24, 2.45) is 0 Å². The first-order valence-corrected chi connectivity index (χ1v) is 10.0. The first-order valence-electron chi connectivity index (χ1n) is 10.0. The smallest absolute Gasteiger partial charge is 0.234 e. The largest absolute Gasteiger partial charge is 0.486 e. The number of nitrogens with zero attached hydrogens (tertiary/aromatic N) is 1. The molecular weight excluding hydrogens is 362 g/mol. The van der Waals surface area contributed by atoms with Gasteiger partial charge in [-0.3, -0.25) is 4.79 Å². The van der Waals surface area contributed by atoms with Gasteiger partial charge in [-0.2, -0.15) is 0 Å². The molecule has 0 aromatic heterocycles. The summed E-state index contributed by atoms with van der Waals surface area (Å²) in [7, 11) is 0. The van der Waals surface area contributed by atoms with Crippen molar-refractivity contribution < 1.29 is 14.3 Å². The molecule has 148 valence electrons. The van der Waals surface area contributed by atoms with Gasteiger partial charge in [0.25, 0.3) is 0 Å². The molecule has 0 fully saturated rings. The Kier molecular flexibility index (Phi) is 5.80. The van der Waals surface area contributed by atoms with Crippen molar-refractivity contribution >= 4 is 5.91 Å². The molecule has 0 N–H and O–H groups in total. The van der Waals surface area contributed by atoms with Gasteiger partial charge in [0, 0.05) is 18.7 Å². The fourth-order valence-electron chi connectivity index (χ4n) is 3.76. The van der Waals surface area contributed by atoms with Crippen LogP contribution < -0.4 is 9.47 Å². The molecule has 3 aromatic rings. The minimum Gasteiger partial charge on any atom is -0.486 e. The molecule has 4 nitrogen and oxygen atoms in total. The summed E-state index contributed by atoms with van der Waals surface area (Å²) in [4.78, 5) is 15.6. The Morgan fingerprint density at radius 1 is 0.862 bits per heavy atom. The average molecular weight is 387 g/mol. The van der Waals surface area contributed by atoms with Crippen LogP contribution in [-0.4, -0.2) is 30.6 Å². The van der Waals surface area contributed by atoms with Crippen LogP contribution >= 0.6 is 0 Å². The Labute approximate surface area is 171 Å². The number of amides is 1. The second kappa shape index (κ2) is 8.82. The zero-order valence-corrected chi connectivity index (χ0v) is 16.6. The fraction of sp³-hybridized carbons (Fsp3) is 0.240. The molecular formula is C25H25NO3. The number of para-hydroxylation sites is 1. The van der Waals surface area contributed by atoms with Gasteiger partial charge >= 0.3 is 0 Å². The summed E-state index contributed by atoms with van der Waals surface area (Å²) in [5.41, 5.74) is 2.96. The summed E-state index contributed by atoms with van der Waals surface area (Å²) in [5.74, 6) is 1.24. The summed E-state index contributed by atoms with van der Waals surface area (Å²) in [6, 6.07) is 25.8. The van der Waals surface area contributed by atoms with E-state index in [0.29, 0.717) is 26.3 Å². The van der Waals surface area contributed by atoms with Gasteiger partial charge in [0.2, 0.25) is 5.91 Å². The van der Waals surface area contributed by atoms with Crippen molar-refractivity contribution in [3.63, 3.8) is 0 Å². The number of fused-ring (bicyclic) bond motifs is 1. The van der Waals surface area contributed by atoms with Crippen molar-refractivity contribution in [3.05, 3.63) is 95.6 Å². The van der Waals surface area contributed by atoms with E-state index in [4.69, 9.17) is 9.47 Å². The monoisotopic (exact) mass is 387 g/mol. The highest BCUT2D eigenvalue weighted by Gasteiger charge is 2.28. The first-order chi connectivity index (χ1) is 14.3. The van der Waals surface area contributed by atoms with Crippen molar-refractivity contribution in [1.29, 1.82) is 0 Å². The van der Waals surface area contributed by atoms with E-state index in [1.54, 1.807) is 0 Å². The van der Waals surface area contributed by atoms with Crippen molar-refractivity contribution in [3.8, 4) is 11.5 Å². The zero-order chi connectivity index (χ0) is 20.1. The molecule has 0 spiro atoms. The van der Waals surface area contributed by atoms with Gasteiger partial charge in [-0.15, -0.1) is 0 Å². The van der Waals surface area contributed by atoms with Gasteiger partial charge in [-0.25, -0.2) is 0 Å². The molecule has 0 radical (unpaired) electrons. The quantitative estimate of drug-likeness (QED) is 0.619. The molecule has 0 bridgehead atoms. The van der Waals surface area contributed by atoms with Crippen molar-refractivity contribution in [2.45, 2.75) is 19.4 Å². The number of benzene rings is 3. The van der Waals surface area contributed by atoms with Gasteiger partial charge in [0.05, 0.1) is 5.92 Å². The molecule has 0 aliphatic carbocycles. The van der Waals surface area contributed by atoms with Gasteiger partial charge in [-0.05, 0) is 24.1 Å². The molecule has 0 atom stereocenters. The summed E-state index contributed by atoms with van der Waals surface area (Å²) in [5, 5.41) is 0. The number of ether oxygens (including phenoxy) is 2. The van der Waals surface area contributed by atoms with Crippen LogP contribution in [0.1, 0.15) is 29.5 Å². The highest BCUT2D eigenvalue weighted by atomic mass is 16.6. The third-order valence-corrected chi connectivity index (χ3v) is 5.22. The van der Waals surface area contributed by atoms with Gasteiger partial charge < -0.3 is 14.4 Å². The Balaban J connectivity index is 1.66. The Hall–Kier alpha value is -3.27. The first kappa shape index (κ1) is 19.1. The van der Waals surface area contributed by atoms with E-state index in [-0.39, 0.29) is 11.8 Å². The average Bonchev–Trinajstić information content (AvgIpc) is 2.79. The summed E-state index contributed by atoms with van der Waals surface area (Å²) >= 11 is 0. The summed E-state index contributed by atoms with van der Waals surface area (Å²) in [6.07, 6.45) is 0. The molecule has 1 amide bonds. The van der Waals surface area contributed by atoms with E-state index >= 15 is 0 Å². The van der Waals surface area contributed by atoms with E-state index in [2.05, 4.69) is 0 Å². The number of carbonyl (C=O) groups is 1.